The molecule has 0 aromatic carbocycles. The van der Waals surface area contributed by atoms with Crippen LogP contribution in [0.1, 0.15) is 86.0 Å². The minimum absolute atomic E-state index is 0.176. The number of carboxylic acids is 1. The van der Waals surface area contributed by atoms with Crippen molar-refractivity contribution in [3.05, 3.63) is 0 Å². The molecule has 0 saturated heterocycles. The van der Waals surface area contributed by atoms with Crippen LogP contribution >= 0.6 is 0 Å². The van der Waals surface area contributed by atoms with Gasteiger partial charge in [-0.2, -0.15) is 0 Å². The molecule has 0 aromatic heterocycles. The van der Waals surface area contributed by atoms with Crippen molar-refractivity contribution in [3.63, 3.8) is 0 Å². The van der Waals surface area contributed by atoms with Gasteiger partial charge in [0.25, 0.3) is 0 Å². The fourth-order valence-electron chi connectivity index (χ4n) is 2.50. The van der Waals surface area contributed by atoms with E-state index in [0.29, 0.717) is 12.5 Å². The molecule has 0 saturated carbocycles. The Kier molecular flexibility index (Phi) is 11.6. The minimum Gasteiger partial charge on any atom is -0.481 e. The van der Waals surface area contributed by atoms with Crippen molar-refractivity contribution in [1.29, 1.82) is 0 Å². The van der Waals surface area contributed by atoms with Gasteiger partial charge in [-0.25, -0.2) is 9.78 Å². The molecule has 2 atom stereocenters. The fourth-order valence-corrected chi connectivity index (χ4v) is 2.50. The Morgan fingerprint density at radius 1 is 1.09 bits per heavy atom. The number of carbonyl (C=O) groups is 1. The van der Waals surface area contributed by atoms with Gasteiger partial charge in [0.2, 0.25) is 0 Å². The fraction of sp³-hybridized carbons (Fsp3) is 0.944. The zero-order chi connectivity index (χ0) is 17.0. The molecule has 2 unspecified atom stereocenters. The highest BCUT2D eigenvalue weighted by molar-refractivity contribution is 5.69. The van der Waals surface area contributed by atoms with E-state index in [2.05, 4.69) is 13.8 Å². The van der Waals surface area contributed by atoms with Crippen LogP contribution in [-0.2, 0) is 14.6 Å². The van der Waals surface area contributed by atoms with Crippen molar-refractivity contribution in [2.24, 2.45) is 11.8 Å². The first-order valence-corrected chi connectivity index (χ1v) is 8.83. The first kappa shape index (κ1) is 21.4. The van der Waals surface area contributed by atoms with Crippen molar-refractivity contribution in [3.8, 4) is 0 Å². The summed E-state index contributed by atoms with van der Waals surface area (Å²) in [5.74, 6) is -0.305. The van der Waals surface area contributed by atoms with Crippen molar-refractivity contribution < 1.29 is 19.7 Å². The van der Waals surface area contributed by atoms with Gasteiger partial charge >= 0.3 is 5.97 Å². The second-order valence-corrected chi connectivity index (χ2v) is 7.20. The SMILES string of the molecule is CCCCC(CC(CC)CCCCOOC(C)(C)C)C(=O)O. The Morgan fingerprint density at radius 3 is 2.27 bits per heavy atom. The second kappa shape index (κ2) is 11.9. The number of carboxylic acid groups (broad SMARTS) is 1. The molecule has 0 bridgehead atoms. The lowest BCUT2D eigenvalue weighted by molar-refractivity contribution is -0.348. The van der Waals surface area contributed by atoms with Gasteiger partial charge in [-0.1, -0.05) is 46.0 Å². The molecule has 0 radical (unpaired) electrons. The molecule has 0 aliphatic carbocycles. The summed E-state index contributed by atoms with van der Waals surface area (Å²) >= 11 is 0. The highest BCUT2D eigenvalue weighted by atomic mass is 17.2. The molecule has 22 heavy (non-hydrogen) atoms. The predicted octanol–water partition coefficient (Wildman–Crippen LogP) is 5.21. The molecule has 4 nitrogen and oxygen atoms in total. The van der Waals surface area contributed by atoms with Crippen LogP contribution in [0.3, 0.4) is 0 Å². The van der Waals surface area contributed by atoms with Crippen LogP contribution in [0.25, 0.3) is 0 Å². The lowest BCUT2D eigenvalue weighted by Crippen LogP contribution is -2.20. The third kappa shape index (κ3) is 12.0. The average molecular weight is 316 g/mol. The van der Waals surface area contributed by atoms with E-state index in [1.807, 2.05) is 20.8 Å². The summed E-state index contributed by atoms with van der Waals surface area (Å²) in [6.07, 6.45) is 7.83. The van der Waals surface area contributed by atoms with Crippen LogP contribution in [0.5, 0.6) is 0 Å². The van der Waals surface area contributed by atoms with Crippen LogP contribution in [-0.4, -0.2) is 23.3 Å². The highest BCUT2D eigenvalue weighted by Crippen LogP contribution is 2.25. The predicted molar refractivity (Wildman–Crippen MR) is 89.7 cm³/mol. The average Bonchev–Trinajstić information content (AvgIpc) is 2.43. The Balaban J connectivity index is 3.92. The third-order valence-electron chi connectivity index (χ3n) is 3.85. The van der Waals surface area contributed by atoms with E-state index in [0.717, 1.165) is 51.4 Å². The molecular weight excluding hydrogens is 280 g/mol. The molecule has 1 N–H and O–H groups in total. The second-order valence-electron chi connectivity index (χ2n) is 7.20. The topological polar surface area (TPSA) is 55.8 Å². The monoisotopic (exact) mass is 316 g/mol. The molecule has 0 spiro atoms. The Hall–Kier alpha value is -0.610. The summed E-state index contributed by atoms with van der Waals surface area (Å²) in [4.78, 5) is 21.7. The van der Waals surface area contributed by atoms with Crippen LogP contribution in [0.2, 0.25) is 0 Å². The molecule has 0 aliphatic rings. The number of aliphatic carboxylic acids is 1. The van der Waals surface area contributed by atoms with E-state index in [1.54, 1.807) is 0 Å². The van der Waals surface area contributed by atoms with Gasteiger partial charge in [-0.3, -0.25) is 4.79 Å². The van der Waals surface area contributed by atoms with Crippen molar-refractivity contribution in [1.82, 2.24) is 0 Å². The summed E-state index contributed by atoms with van der Waals surface area (Å²) < 4.78 is 0. The van der Waals surface area contributed by atoms with E-state index in [1.165, 1.54) is 0 Å². The molecule has 0 heterocycles. The molecule has 0 aliphatic heterocycles. The maximum Gasteiger partial charge on any atom is 0.306 e. The lowest BCUT2D eigenvalue weighted by atomic mass is 9.86. The van der Waals surface area contributed by atoms with Crippen LogP contribution in [0.4, 0.5) is 0 Å². The lowest BCUT2D eigenvalue weighted by Gasteiger charge is -2.20. The number of hydrogen-bond donors (Lipinski definition) is 1. The molecule has 132 valence electrons. The van der Waals surface area contributed by atoms with E-state index in [4.69, 9.17) is 9.78 Å². The summed E-state index contributed by atoms with van der Waals surface area (Å²) in [6, 6.07) is 0. The Bertz CT molecular complexity index is 283. The van der Waals surface area contributed by atoms with Crippen molar-refractivity contribution in [2.75, 3.05) is 6.61 Å². The van der Waals surface area contributed by atoms with Gasteiger partial charge < -0.3 is 5.11 Å². The van der Waals surface area contributed by atoms with Gasteiger partial charge in [0.05, 0.1) is 18.1 Å². The van der Waals surface area contributed by atoms with Crippen LogP contribution in [0, 0.1) is 11.8 Å². The van der Waals surface area contributed by atoms with Gasteiger partial charge in [-0.15, -0.1) is 0 Å². The zero-order valence-corrected chi connectivity index (χ0v) is 15.2. The van der Waals surface area contributed by atoms with E-state index < -0.39 is 5.97 Å². The van der Waals surface area contributed by atoms with Gasteiger partial charge in [-0.05, 0) is 46.0 Å². The van der Waals surface area contributed by atoms with Crippen LogP contribution in [0.15, 0.2) is 0 Å². The minimum atomic E-state index is -0.631. The largest absolute Gasteiger partial charge is 0.481 e. The van der Waals surface area contributed by atoms with Gasteiger partial charge in [0.1, 0.15) is 0 Å². The van der Waals surface area contributed by atoms with E-state index in [-0.39, 0.29) is 11.5 Å². The summed E-state index contributed by atoms with van der Waals surface area (Å²) in [7, 11) is 0. The Labute approximate surface area is 136 Å². The number of unbranched alkanes of at least 4 members (excludes halogenated alkanes) is 2. The maximum atomic E-state index is 11.3. The normalized spacial score (nSPS) is 14.8. The maximum absolute atomic E-state index is 11.3. The van der Waals surface area contributed by atoms with Gasteiger partial charge in [0.15, 0.2) is 0 Å². The van der Waals surface area contributed by atoms with E-state index >= 15 is 0 Å². The standard InChI is InChI=1S/C18H36O4/c1-6-8-12-16(17(19)20)14-15(7-2)11-9-10-13-21-22-18(3,4)5/h15-16H,6-14H2,1-5H3,(H,19,20). The molecule has 0 amide bonds. The summed E-state index contributed by atoms with van der Waals surface area (Å²) in [5.41, 5.74) is -0.264. The van der Waals surface area contributed by atoms with Crippen molar-refractivity contribution >= 4 is 5.97 Å². The zero-order valence-electron chi connectivity index (χ0n) is 15.2. The first-order chi connectivity index (χ1) is 10.3. The third-order valence-corrected chi connectivity index (χ3v) is 3.85. The Morgan fingerprint density at radius 2 is 1.77 bits per heavy atom. The smallest absolute Gasteiger partial charge is 0.306 e. The van der Waals surface area contributed by atoms with Gasteiger partial charge in [0, 0.05) is 0 Å². The quantitative estimate of drug-likeness (QED) is 0.288. The number of rotatable bonds is 13. The first-order valence-electron chi connectivity index (χ1n) is 8.83. The molecular formula is C18H36O4. The number of hydrogen-bond acceptors (Lipinski definition) is 3. The molecule has 0 rings (SSSR count). The van der Waals surface area contributed by atoms with Crippen LogP contribution < -0.4 is 0 Å². The van der Waals surface area contributed by atoms with E-state index in [9.17, 15) is 9.90 Å². The molecule has 0 aromatic rings. The molecule has 0 fully saturated rings. The summed E-state index contributed by atoms with van der Waals surface area (Å²) in [5, 5.41) is 9.33. The van der Waals surface area contributed by atoms with Crippen molar-refractivity contribution in [2.45, 2.75) is 91.6 Å². The molecule has 4 heteroatoms. The summed E-state index contributed by atoms with van der Waals surface area (Å²) in [6.45, 7) is 10.7. The highest BCUT2D eigenvalue weighted by Gasteiger charge is 2.21.